The van der Waals surface area contributed by atoms with Crippen LogP contribution < -0.4 is 0 Å². The van der Waals surface area contributed by atoms with E-state index in [0.717, 1.165) is 19.4 Å². The van der Waals surface area contributed by atoms with E-state index in [1.807, 2.05) is 19.1 Å². The Hall–Kier alpha value is -1.44. The van der Waals surface area contributed by atoms with E-state index >= 15 is 0 Å². The third kappa shape index (κ3) is 2.95. The molecule has 0 aliphatic heterocycles. The van der Waals surface area contributed by atoms with Crippen LogP contribution in [0, 0.1) is 13.8 Å². The summed E-state index contributed by atoms with van der Waals surface area (Å²) in [5, 5.41) is 9.41. The molecule has 0 bridgehead atoms. The van der Waals surface area contributed by atoms with E-state index in [2.05, 4.69) is 0 Å². The minimum atomic E-state index is -3.68. The van der Waals surface area contributed by atoms with Gasteiger partial charge >= 0.3 is 5.97 Å². The number of carboxylic acid groups (broad SMARTS) is 1. The van der Waals surface area contributed by atoms with Crippen molar-refractivity contribution in [1.29, 1.82) is 0 Å². The monoisotopic (exact) mass is 327 g/mol. The van der Waals surface area contributed by atoms with Crippen LogP contribution in [0.4, 0.5) is 0 Å². The molecular formula is C14H17NO4S2. The molecule has 0 aliphatic rings. The fraction of sp³-hybridized carbons (Fsp3) is 0.357. The number of hydrogen-bond acceptors (Lipinski definition) is 4. The molecule has 0 radical (unpaired) electrons. The number of carbonyl (C=O) groups is 1. The Morgan fingerprint density at radius 1 is 1.33 bits per heavy atom. The second kappa shape index (κ2) is 5.75. The van der Waals surface area contributed by atoms with Crippen molar-refractivity contribution in [2.45, 2.75) is 25.2 Å². The first-order valence-electron chi connectivity index (χ1n) is 6.42. The largest absolute Gasteiger partial charge is 0.481 e. The van der Waals surface area contributed by atoms with Crippen molar-refractivity contribution in [3.05, 3.63) is 28.6 Å². The molecule has 2 rings (SSSR count). The number of hydrogen-bond donors (Lipinski definition) is 1. The Morgan fingerprint density at radius 2 is 2.00 bits per heavy atom. The van der Waals surface area contributed by atoms with Crippen molar-refractivity contribution < 1.29 is 18.3 Å². The van der Waals surface area contributed by atoms with E-state index in [1.54, 1.807) is 13.0 Å². The topological polar surface area (TPSA) is 74.7 Å². The van der Waals surface area contributed by atoms with Gasteiger partial charge in [-0.25, -0.2) is 12.7 Å². The number of nitrogens with zero attached hydrogens (tertiary/aromatic N) is 1. The zero-order valence-electron chi connectivity index (χ0n) is 12.1. The lowest BCUT2D eigenvalue weighted by Crippen LogP contribution is -2.29. The highest BCUT2D eigenvalue weighted by Gasteiger charge is 2.27. The number of sulfonamides is 1. The van der Waals surface area contributed by atoms with Gasteiger partial charge in [-0.1, -0.05) is 18.2 Å². The van der Waals surface area contributed by atoms with Crippen molar-refractivity contribution in [2.75, 3.05) is 13.6 Å². The molecule has 1 heterocycles. The summed E-state index contributed by atoms with van der Waals surface area (Å²) in [7, 11) is -2.27. The molecule has 0 saturated carbocycles. The number of carboxylic acids is 1. The van der Waals surface area contributed by atoms with Gasteiger partial charge in [-0.15, -0.1) is 11.3 Å². The summed E-state index contributed by atoms with van der Waals surface area (Å²) in [6, 6.07) is 5.58. The van der Waals surface area contributed by atoms with Gasteiger partial charge in [0.15, 0.2) is 0 Å². The number of thiophene rings is 1. The third-order valence-corrected chi connectivity index (χ3v) is 6.77. The number of aryl methyl sites for hydroxylation is 2. The van der Waals surface area contributed by atoms with Crippen LogP contribution in [0.1, 0.15) is 16.9 Å². The first-order valence-corrected chi connectivity index (χ1v) is 8.67. The third-order valence-electron chi connectivity index (χ3n) is 3.34. The second-order valence-corrected chi connectivity index (χ2v) is 8.12. The smallest absolute Gasteiger partial charge is 0.304 e. The summed E-state index contributed by atoms with van der Waals surface area (Å²) in [4.78, 5) is 11.6. The molecule has 114 valence electrons. The molecule has 1 aromatic carbocycles. The van der Waals surface area contributed by atoms with Crippen molar-refractivity contribution in [3.63, 3.8) is 0 Å². The normalized spacial score (nSPS) is 12.2. The van der Waals surface area contributed by atoms with E-state index < -0.39 is 16.0 Å². The molecule has 5 nitrogen and oxygen atoms in total. The van der Waals surface area contributed by atoms with E-state index in [-0.39, 0.29) is 13.0 Å². The van der Waals surface area contributed by atoms with Crippen LogP contribution in [-0.4, -0.2) is 37.4 Å². The zero-order valence-corrected chi connectivity index (χ0v) is 13.7. The maximum absolute atomic E-state index is 12.7. The van der Waals surface area contributed by atoms with E-state index in [1.165, 1.54) is 18.4 Å². The summed E-state index contributed by atoms with van der Waals surface area (Å²) in [6.45, 7) is 3.69. The lowest BCUT2D eigenvalue weighted by Gasteiger charge is -2.16. The van der Waals surface area contributed by atoms with Crippen LogP contribution in [0.25, 0.3) is 10.1 Å². The second-order valence-electron chi connectivity index (χ2n) is 4.91. The van der Waals surface area contributed by atoms with Gasteiger partial charge in [0.25, 0.3) is 0 Å². The summed E-state index contributed by atoms with van der Waals surface area (Å²) >= 11 is 1.45. The molecule has 0 unspecified atom stereocenters. The highest BCUT2D eigenvalue weighted by molar-refractivity contribution is 7.89. The minimum Gasteiger partial charge on any atom is -0.481 e. The van der Waals surface area contributed by atoms with Gasteiger partial charge < -0.3 is 5.11 Å². The standard InChI is InChI=1S/C14H17NO4S2/c1-9-5-4-6-11-13(9)20-10(2)14(11)21(18,19)15(3)8-7-12(16)17/h4-6H,7-8H2,1-3H3,(H,16,17). The van der Waals surface area contributed by atoms with Gasteiger partial charge in [-0.05, 0) is 19.4 Å². The van der Waals surface area contributed by atoms with Crippen LogP contribution in [0.3, 0.4) is 0 Å². The molecule has 1 aromatic heterocycles. The van der Waals surface area contributed by atoms with Crippen LogP contribution in [0.2, 0.25) is 0 Å². The summed E-state index contributed by atoms with van der Waals surface area (Å²) in [5.74, 6) is -1.01. The summed E-state index contributed by atoms with van der Waals surface area (Å²) in [5.41, 5.74) is 1.04. The van der Waals surface area contributed by atoms with Gasteiger partial charge in [0.1, 0.15) is 4.90 Å². The fourth-order valence-corrected chi connectivity index (χ4v) is 5.18. The Kier molecular flexibility index (Phi) is 4.36. The average molecular weight is 327 g/mol. The SMILES string of the molecule is Cc1sc2c(C)cccc2c1S(=O)(=O)N(C)CCC(=O)O. The Balaban J connectivity index is 2.52. The highest BCUT2D eigenvalue weighted by Crippen LogP contribution is 2.37. The predicted octanol–water partition coefficient (Wildman–Crippen LogP) is 2.61. The lowest BCUT2D eigenvalue weighted by molar-refractivity contribution is -0.137. The molecule has 0 aliphatic carbocycles. The van der Waals surface area contributed by atoms with Gasteiger partial charge in [0, 0.05) is 28.6 Å². The average Bonchev–Trinajstić information content (AvgIpc) is 2.74. The van der Waals surface area contributed by atoms with Gasteiger partial charge in [-0.2, -0.15) is 0 Å². The number of benzene rings is 1. The van der Waals surface area contributed by atoms with Gasteiger partial charge in [0.05, 0.1) is 6.42 Å². The van der Waals surface area contributed by atoms with Crippen molar-refractivity contribution in [2.24, 2.45) is 0 Å². The Morgan fingerprint density at radius 3 is 2.62 bits per heavy atom. The van der Waals surface area contributed by atoms with E-state index in [0.29, 0.717) is 10.3 Å². The molecule has 0 spiro atoms. The Bertz CT molecular complexity index is 793. The molecule has 7 heteroatoms. The first kappa shape index (κ1) is 15.9. The molecule has 0 atom stereocenters. The fourth-order valence-electron chi connectivity index (χ4n) is 2.21. The summed E-state index contributed by atoms with van der Waals surface area (Å²) in [6.07, 6.45) is -0.212. The van der Waals surface area contributed by atoms with Crippen LogP contribution >= 0.6 is 11.3 Å². The quantitative estimate of drug-likeness (QED) is 0.916. The molecule has 21 heavy (non-hydrogen) atoms. The molecule has 0 fully saturated rings. The predicted molar refractivity (Wildman–Crippen MR) is 83.4 cm³/mol. The van der Waals surface area contributed by atoms with Crippen LogP contribution in [0.15, 0.2) is 23.1 Å². The van der Waals surface area contributed by atoms with Crippen molar-refractivity contribution >= 4 is 37.4 Å². The molecular weight excluding hydrogens is 310 g/mol. The first-order chi connectivity index (χ1) is 9.75. The maximum atomic E-state index is 12.7. The van der Waals surface area contributed by atoms with Gasteiger partial charge in [-0.3, -0.25) is 4.79 Å². The van der Waals surface area contributed by atoms with E-state index in [4.69, 9.17) is 5.11 Å². The molecule has 1 N–H and O–H groups in total. The number of rotatable bonds is 5. The van der Waals surface area contributed by atoms with Crippen molar-refractivity contribution in [3.8, 4) is 0 Å². The zero-order chi connectivity index (χ0) is 15.8. The Labute approximate surface area is 127 Å². The van der Waals surface area contributed by atoms with Crippen molar-refractivity contribution in [1.82, 2.24) is 4.31 Å². The van der Waals surface area contributed by atoms with E-state index in [9.17, 15) is 13.2 Å². The highest BCUT2D eigenvalue weighted by atomic mass is 32.2. The van der Waals surface area contributed by atoms with Gasteiger partial charge in [0.2, 0.25) is 10.0 Å². The summed E-state index contributed by atoms with van der Waals surface area (Å²) < 4.78 is 27.5. The number of aliphatic carboxylic acids is 1. The minimum absolute atomic E-state index is 0.0414. The molecule has 0 saturated heterocycles. The van der Waals surface area contributed by atoms with Crippen LogP contribution in [-0.2, 0) is 14.8 Å². The van der Waals surface area contributed by atoms with Crippen LogP contribution in [0.5, 0.6) is 0 Å². The molecule has 2 aromatic rings. The number of fused-ring (bicyclic) bond motifs is 1. The molecule has 0 amide bonds. The maximum Gasteiger partial charge on any atom is 0.304 e. The lowest BCUT2D eigenvalue weighted by atomic mass is 10.2.